The van der Waals surface area contributed by atoms with Crippen molar-refractivity contribution < 1.29 is 4.79 Å². The van der Waals surface area contributed by atoms with Crippen molar-refractivity contribution in [3.05, 3.63) is 34.9 Å². The van der Waals surface area contributed by atoms with E-state index in [1.807, 2.05) is 13.8 Å². The molecule has 0 bridgehead atoms. The number of aryl methyl sites for hydroxylation is 2. The zero-order valence-corrected chi connectivity index (χ0v) is 13.8. The van der Waals surface area contributed by atoms with Crippen LogP contribution in [0.3, 0.4) is 0 Å². The largest absolute Gasteiger partial charge is 0.350 e. The van der Waals surface area contributed by atoms with Crippen molar-refractivity contribution >= 4 is 18.3 Å². The Morgan fingerprint density at radius 1 is 1.24 bits per heavy atom. The molecule has 0 aliphatic heterocycles. The molecule has 1 aliphatic carbocycles. The van der Waals surface area contributed by atoms with Crippen molar-refractivity contribution in [1.82, 2.24) is 5.32 Å². The zero-order chi connectivity index (χ0) is 14.5. The summed E-state index contributed by atoms with van der Waals surface area (Å²) in [6, 6.07) is 6.81. The molecule has 4 heteroatoms. The number of nitrogens with two attached hydrogens (primary N) is 1. The Kier molecular flexibility index (Phi) is 7.20. The van der Waals surface area contributed by atoms with Crippen LogP contribution in [0.5, 0.6) is 0 Å². The molecule has 118 valence electrons. The van der Waals surface area contributed by atoms with Crippen LogP contribution in [0.2, 0.25) is 0 Å². The standard InChI is InChI=1S/C17H26N2O.ClH/c1-12(18)7-10-17(20)19-13(2)15-9-8-14-5-3-4-6-16(14)11-15;/h8-9,11-13H,3-7,10,18H2,1-2H3,(H,19,20);1H. The fourth-order valence-electron chi connectivity index (χ4n) is 2.78. The highest BCUT2D eigenvalue weighted by Crippen LogP contribution is 2.24. The summed E-state index contributed by atoms with van der Waals surface area (Å²) in [6.45, 7) is 3.98. The number of rotatable bonds is 5. The van der Waals surface area contributed by atoms with E-state index in [1.165, 1.54) is 42.4 Å². The topological polar surface area (TPSA) is 55.1 Å². The first-order valence-corrected chi connectivity index (χ1v) is 7.73. The summed E-state index contributed by atoms with van der Waals surface area (Å²) in [5.41, 5.74) is 9.83. The molecule has 2 rings (SSSR count). The van der Waals surface area contributed by atoms with Gasteiger partial charge in [0.25, 0.3) is 0 Å². The first kappa shape index (κ1) is 18.0. The van der Waals surface area contributed by atoms with Gasteiger partial charge < -0.3 is 11.1 Å². The van der Waals surface area contributed by atoms with Crippen LogP contribution in [0, 0.1) is 0 Å². The van der Waals surface area contributed by atoms with Crippen molar-refractivity contribution in [2.75, 3.05) is 0 Å². The number of nitrogens with one attached hydrogen (secondary N) is 1. The van der Waals surface area contributed by atoms with E-state index in [-0.39, 0.29) is 30.4 Å². The van der Waals surface area contributed by atoms with Crippen LogP contribution in [-0.2, 0) is 17.6 Å². The molecule has 0 aromatic heterocycles. The molecule has 2 atom stereocenters. The lowest BCUT2D eigenvalue weighted by molar-refractivity contribution is -0.121. The summed E-state index contributed by atoms with van der Waals surface area (Å²) in [6.07, 6.45) is 6.20. The third kappa shape index (κ3) is 5.33. The van der Waals surface area contributed by atoms with Crippen LogP contribution in [-0.4, -0.2) is 11.9 Å². The van der Waals surface area contributed by atoms with E-state index in [9.17, 15) is 4.79 Å². The van der Waals surface area contributed by atoms with Crippen LogP contribution in [0.4, 0.5) is 0 Å². The molecule has 0 radical (unpaired) electrons. The molecule has 0 spiro atoms. The van der Waals surface area contributed by atoms with E-state index in [2.05, 4.69) is 23.5 Å². The average molecular weight is 311 g/mol. The van der Waals surface area contributed by atoms with Crippen molar-refractivity contribution in [2.24, 2.45) is 5.73 Å². The second kappa shape index (κ2) is 8.40. The Morgan fingerprint density at radius 2 is 1.90 bits per heavy atom. The molecule has 3 nitrogen and oxygen atoms in total. The maximum Gasteiger partial charge on any atom is 0.220 e. The molecule has 3 N–H and O–H groups in total. The van der Waals surface area contributed by atoms with Gasteiger partial charge >= 0.3 is 0 Å². The summed E-state index contributed by atoms with van der Waals surface area (Å²) in [4.78, 5) is 11.9. The van der Waals surface area contributed by atoms with Gasteiger partial charge in [-0.15, -0.1) is 12.4 Å². The minimum Gasteiger partial charge on any atom is -0.350 e. The van der Waals surface area contributed by atoms with Gasteiger partial charge in [-0.3, -0.25) is 4.79 Å². The minimum atomic E-state index is 0. The fraction of sp³-hybridized carbons (Fsp3) is 0.588. The van der Waals surface area contributed by atoms with Gasteiger partial charge in [0.2, 0.25) is 5.91 Å². The quantitative estimate of drug-likeness (QED) is 0.877. The van der Waals surface area contributed by atoms with E-state index in [1.54, 1.807) is 0 Å². The first-order chi connectivity index (χ1) is 9.56. The maximum atomic E-state index is 11.9. The second-order valence-electron chi connectivity index (χ2n) is 6.04. The molecule has 1 aromatic rings. The van der Waals surface area contributed by atoms with Gasteiger partial charge in [-0.05, 0) is 62.6 Å². The van der Waals surface area contributed by atoms with Crippen LogP contribution in [0.1, 0.15) is 62.3 Å². The number of benzene rings is 1. The van der Waals surface area contributed by atoms with E-state index in [0.29, 0.717) is 6.42 Å². The average Bonchev–Trinajstić information content (AvgIpc) is 2.44. The Bertz CT molecular complexity index is 474. The highest BCUT2D eigenvalue weighted by molar-refractivity contribution is 5.85. The summed E-state index contributed by atoms with van der Waals surface area (Å²) in [5.74, 6) is 0.0903. The minimum absolute atomic E-state index is 0. The smallest absolute Gasteiger partial charge is 0.220 e. The van der Waals surface area contributed by atoms with Gasteiger partial charge in [0, 0.05) is 12.5 Å². The van der Waals surface area contributed by atoms with E-state index in [4.69, 9.17) is 5.73 Å². The zero-order valence-electron chi connectivity index (χ0n) is 13.0. The van der Waals surface area contributed by atoms with Crippen LogP contribution in [0.25, 0.3) is 0 Å². The Balaban J connectivity index is 0.00000220. The summed E-state index contributed by atoms with van der Waals surface area (Å²) >= 11 is 0. The van der Waals surface area contributed by atoms with Gasteiger partial charge in [0.15, 0.2) is 0 Å². The number of carbonyl (C=O) groups excluding carboxylic acids is 1. The molecule has 1 amide bonds. The third-order valence-electron chi connectivity index (χ3n) is 4.08. The monoisotopic (exact) mass is 310 g/mol. The van der Waals surface area contributed by atoms with E-state index in [0.717, 1.165) is 6.42 Å². The van der Waals surface area contributed by atoms with Crippen LogP contribution >= 0.6 is 12.4 Å². The van der Waals surface area contributed by atoms with Gasteiger partial charge in [-0.2, -0.15) is 0 Å². The Morgan fingerprint density at radius 3 is 2.57 bits per heavy atom. The van der Waals surface area contributed by atoms with Gasteiger partial charge in [-0.25, -0.2) is 0 Å². The highest BCUT2D eigenvalue weighted by atomic mass is 35.5. The molecular formula is C17H27ClN2O. The molecule has 0 saturated carbocycles. The van der Waals surface area contributed by atoms with Gasteiger partial charge in [0.1, 0.15) is 0 Å². The highest BCUT2D eigenvalue weighted by Gasteiger charge is 2.14. The van der Waals surface area contributed by atoms with E-state index >= 15 is 0 Å². The lowest BCUT2D eigenvalue weighted by Gasteiger charge is -2.20. The SMILES string of the molecule is CC(N)CCC(=O)NC(C)c1ccc2c(c1)CCCC2.Cl. The maximum absolute atomic E-state index is 11.9. The number of hydrogen-bond donors (Lipinski definition) is 2. The summed E-state index contributed by atoms with van der Waals surface area (Å²) < 4.78 is 0. The molecule has 2 unspecified atom stereocenters. The first-order valence-electron chi connectivity index (χ1n) is 7.73. The Labute approximate surface area is 134 Å². The fourth-order valence-corrected chi connectivity index (χ4v) is 2.78. The number of halogens is 1. The molecule has 1 aliphatic rings. The second-order valence-corrected chi connectivity index (χ2v) is 6.04. The van der Waals surface area contributed by atoms with Crippen molar-refractivity contribution in [1.29, 1.82) is 0 Å². The van der Waals surface area contributed by atoms with Crippen molar-refractivity contribution in [2.45, 2.75) is 64.5 Å². The molecule has 21 heavy (non-hydrogen) atoms. The van der Waals surface area contributed by atoms with Crippen molar-refractivity contribution in [3.8, 4) is 0 Å². The summed E-state index contributed by atoms with van der Waals surface area (Å²) in [7, 11) is 0. The van der Waals surface area contributed by atoms with Gasteiger partial charge in [-0.1, -0.05) is 18.2 Å². The van der Waals surface area contributed by atoms with Crippen LogP contribution < -0.4 is 11.1 Å². The van der Waals surface area contributed by atoms with Gasteiger partial charge in [0.05, 0.1) is 6.04 Å². The molecule has 0 saturated heterocycles. The molecule has 0 heterocycles. The Hall–Kier alpha value is -1.06. The lowest BCUT2D eigenvalue weighted by Crippen LogP contribution is -2.28. The number of hydrogen-bond acceptors (Lipinski definition) is 2. The third-order valence-corrected chi connectivity index (χ3v) is 4.08. The number of fused-ring (bicyclic) bond motifs is 1. The molecule has 0 fully saturated rings. The predicted molar refractivity (Wildman–Crippen MR) is 89.8 cm³/mol. The normalized spacial score (nSPS) is 16.3. The van der Waals surface area contributed by atoms with E-state index < -0.39 is 0 Å². The van der Waals surface area contributed by atoms with Crippen LogP contribution in [0.15, 0.2) is 18.2 Å². The molecular weight excluding hydrogens is 284 g/mol. The predicted octanol–water partition coefficient (Wildman–Crippen LogP) is 3.29. The summed E-state index contributed by atoms with van der Waals surface area (Å²) in [5, 5.41) is 3.06. The molecule has 1 aromatic carbocycles. The van der Waals surface area contributed by atoms with Crippen molar-refractivity contribution in [3.63, 3.8) is 0 Å². The number of amides is 1. The lowest BCUT2D eigenvalue weighted by atomic mass is 9.89. The number of carbonyl (C=O) groups is 1.